The van der Waals surface area contributed by atoms with Gasteiger partial charge in [0, 0.05) is 26.3 Å². The van der Waals surface area contributed by atoms with Crippen LogP contribution in [-0.4, -0.2) is 62.9 Å². The van der Waals surface area contributed by atoms with Crippen molar-refractivity contribution >= 4 is 0 Å². The van der Waals surface area contributed by atoms with E-state index in [4.69, 9.17) is 14.2 Å². The van der Waals surface area contributed by atoms with E-state index in [1.54, 1.807) is 0 Å². The monoisotopic (exact) mass is 273 g/mol. The van der Waals surface area contributed by atoms with Gasteiger partial charge in [-0.15, -0.1) is 0 Å². The first-order valence-electron chi connectivity index (χ1n) is 7.54. The van der Waals surface area contributed by atoms with Gasteiger partial charge in [0.2, 0.25) is 0 Å². The lowest BCUT2D eigenvalue weighted by molar-refractivity contribution is -0.0189. The van der Waals surface area contributed by atoms with Crippen molar-refractivity contribution < 1.29 is 19.3 Å². The van der Waals surface area contributed by atoms with Crippen LogP contribution in [0.1, 0.15) is 32.1 Å². The number of aliphatic hydroxyl groups excluding tert-OH is 1. The molecule has 0 aliphatic carbocycles. The number of aliphatic hydroxyl groups is 1. The predicted molar refractivity (Wildman–Crippen MR) is 72.3 cm³/mol. The molecule has 3 atom stereocenters. The maximum absolute atomic E-state index is 9.78. The van der Waals surface area contributed by atoms with Gasteiger partial charge < -0.3 is 24.6 Å². The minimum Gasteiger partial charge on any atom is -0.389 e. The van der Waals surface area contributed by atoms with Crippen molar-refractivity contribution in [3.05, 3.63) is 0 Å². The minimum absolute atomic E-state index is 0.232. The fourth-order valence-corrected chi connectivity index (χ4v) is 2.55. The van der Waals surface area contributed by atoms with Crippen LogP contribution in [0.25, 0.3) is 0 Å². The third kappa shape index (κ3) is 6.19. The fourth-order valence-electron chi connectivity index (χ4n) is 2.55. The first-order chi connectivity index (χ1) is 9.34. The summed E-state index contributed by atoms with van der Waals surface area (Å²) >= 11 is 0. The van der Waals surface area contributed by atoms with Gasteiger partial charge in [0.05, 0.1) is 31.5 Å². The van der Waals surface area contributed by atoms with Crippen molar-refractivity contribution in [3.63, 3.8) is 0 Å². The largest absolute Gasteiger partial charge is 0.389 e. The number of hydrogen-bond acceptors (Lipinski definition) is 5. The van der Waals surface area contributed by atoms with Crippen LogP contribution in [0.5, 0.6) is 0 Å². The SMILES string of the molecule is OC(CNCC1CCCCO1)COCC1CCCO1. The van der Waals surface area contributed by atoms with Crippen LogP contribution >= 0.6 is 0 Å². The van der Waals surface area contributed by atoms with Crippen LogP contribution in [0, 0.1) is 0 Å². The first kappa shape index (κ1) is 15.2. The summed E-state index contributed by atoms with van der Waals surface area (Å²) in [6.07, 6.45) is 5.84. The van der Waals surface area contributed by atoms with Gasteiger partial charge in [0.1, 0.15) is 0 Å². The Kier molecular flexibility index (Phi) is 7.09. The Balaban J connectivity index is 1.43. The van der Waals surface area contributed by atoms with E-state index in [0.717, 1.165) is 39.0 Å². The first-order valence-corrected chi connectivity index (χ1v) is 7.54. The summed E-state index contributed by atoms with van der Waals surface area (Å²) in [7, 11) is 0. The number of rotatable bonds is 8. The number of ether oxygens (including phenoxy) is 3. The Labute approximate surface area is 115 Å². The van der Waals surface area contributed by atoms with Crippen LogP contribution in [0.4, 0.5) is 0 Å². The average Bonchev–Trinajstić information content (AvgIpc) is 2.93. The van der Waals surface area contributed by atoms with E-state index in [2.05, 4.69) is 5.32 Å². The molecule has 3 unspecified atom stereocenters. The summed E-state index contributed by atoms with van der Waals surface area (Å²) in [5.74, 6) is 0. The second-order valence-corrected chi connectivity index (χ2v) is 5.47. The summed E-state index contributed by atoms with van der Waals surface area (Å²) < 4.78 is 16.5. The van der Waals surface area contributed by atoms with Gasteiger partial charge in [-0.3, -0.25) is 0 Å². The lowest BCUT2D eigenvalue weighted by atomic mass is 10.1. The lowest BCUT2D eigenvalue weighted by Crippen LogP contribution is -2.37. The van der Waals surface area contributed by atoms with Crippen molar-refractivity contribution in [1.82, 2.24) is 5.32 Å². The van der Waals surface area contributed by atoms with Crippen molar-refractivity contribution in [3.8, 4) is 0 Å². The fraction of sp³-hybridized carbons (Fsp3) is 1.00. The molecule has 0 bridgehead atoms. The van der Waals surface area contributed by atoms with Gasteiger partial charge in [0.25, 0.3) is 0 Å². The average molecular weight is 273 g/mol. The second kappa shape index (κ2) is 8.87. The summed E-state index contributed by atoms with van der Waals surface area (Å²) in [4.78, 5) is 0. The molecular formula is C14H27NO4. The molecule has 0 aromatic rings. The Morgan fingerprint density at radius 3 is 2.63 bits per heavy atom. The molecule has 0 aromatic carbocycles. The maximum Gasteiger partial charge on any atom is 0.0897 e. The van der Waals surface area contributed by atoms with E-state index < -0.39 is 6.10 Å². The molecule has 0 saturated carbocycles. The zero-order valence-corrected chi connectivity index (χ0v) is 11.7. The number of hydrogen-bond donors (Lipinski definition) is 2. The maximum atomic E-state index is 9.78. The van der Waals surface area contributed by atoms with Gasteiger partial charge in [-0.1, -0.05) is 0 Å². The molecule has 112 valence electrons. The van der Waals surface area contributed by atoms with Crippen LogP contribution in [0.2, 0.25) is 0 Å². The second-order valence-electron chi connectivity index (χ2n) is 5.47. The molecule has 2 N–H and O–H groups in total. The van der Waals surface area contributed by atoms with Crippen LogP contribution < -0.4 is 5.32 Å². The predicted octanol–water partition coefficient (Wildman–Crippen LogP) is 0.702. The highest BCUT2D eigenvalue weighted by atomic mass is 16.5. The minimum atomic E-state index is -0.454. The third-order valence-electron chi connectivity index (χ3n) is 3.66. The Morgan fingerprint density at radius 1 is 1.11 bits per heavy atom. The van der Waals surface area contributed by atoms with Crippen LogP contribution in [0.3, 0.4) is 0 Å². The van der Waals surface area contributed by atoms with Gasteiger partial charge in [-0.25, -0.2) is 0 Å². The highest BCUT2D eigenvalue weighted by Gasteiger charge is 2.17. The molecule has 2 saturated heterocycles. The molecule has 2 aliphatic rings. The molecule has 19 heavy (non-hydrogen) atoms. The Hall–Kier alpha value is -0.200. The molecular weight excluding hydrogens is 246 g/mol. The zero-order valence-electron chi connectivity index (χ0n) is 11.7. The molecule has 5 heteroatoms. The standard InChI is InChI=1S/C14H27NO4/c16-12(10-17-11-14-5-3-7-19-14)8-15-9-13-4-1-2-6-18-13/h12-16H,1-11H2. The molecule has 2 heterocycles. The lowest BCUT2D eigenvalue weighted by Gasteiger charge is -2.23. The van der Waals surface area contributed by atoms with E-state index in [1.165, 1.54) is 12.8 Å². The quantitative estimate of drug-likeness (QED) is 0.682. The Bertz CT molecular complexity index is 227. The van der Waals surface area contributed by atoms with Crippen molar-refractivity contribution in [2.45, 2.75) is 50.4 Å². The molecule has 2 aliphatic heterocycles. The molecule has 0 aromatic heterocycles. The van der Waals surface area contributed by atoms with Crippen molar-refractivity contribution in [2.24, 2.45) is 0 Å². The summed E-state index contributed by atoms with van der Waals surface area (Å²) in [6.45, 7) is 4.08. The number of nitrogens with one attached hydrogen (secondary N) is 1. The summed E-state index contributed by atoms with van der Waals surface area (Å²) in [5.41, 5.74) is 0. The molecule has 2 rings (SSSR count). The summed E-state index contributed by atoms with van der Waals surface area (Å²) in [5, 5.41) is 13.0. The highest BCUT2D eigenvalue weighted by Crippen LogP contribution is 2.12. The van der Waals surface area contributed by atoms with Gasteiger partial charge in [0.15, 0.2) is 0 Å². The van der Waals surface area contributed by atoms with Crippen molar-refractivity contribution in [2.75, 3.05) is 39.5 Å². The molecule has 0 spiro atoms. The van der Waals surface area contributed by atoms with E-state index >= 15 is 0 Å². The van der Waals surface area contributed by atoms with E-state index in [1.807, 2.05) is 0 Å². The van der Waals surface area contributed by atoms with Crippen molar-refractivity contribution in [1.29, 1.82) is 0 Å². The van der Waals surface area contributed by atoms with E-state index in [0.29, 0.717) is 25.9 Å². The smallest absolute Gasteiger partial charge is 0.0897 e. The van der Waals surface area contributed by atoms with E-state index in [9.17, 15) is 5.11 Å². The zero-order chi connectivity index (χ0) is 13.3. The third-order valence-corrected chi connectivity index (χ3v) is 3.66. The van der Waals surface area contributed by atoms with Crippen LogP contribution in [-0.2, 0) is 14.2 Å². The van der Waals surface area contributed by atoms with Gasteiger partial charge >= 0.3 is 0 Å². The van der Waals surface area contributed by atoms with E-state index in [-0.39, 0.29) is 6.10 Å². The molecule has 0 radical (unpaired) electrons. The molecule has 0 amide bonds. The summed E-state index contributed by atoms with van der Waals surface area (Å²) in [6, 6.07) is 0. The topological polar surface area (TPSA) is 60.0 Å². The molecule has 2 fully saturated rings. The van der Waals surface area contributed by atoms with Gasteiger partial charge in [-0.05, 0) is 32.1 Å². The van der Waals surface area contributed by atoms with Crippen LogP contribution in [0.15, 0.2) is 0 Å². The van der Waals surface area contributed by atoms with Gasteiger partial charge in [-0.2, -0.15) is 0 Å². The Morgan fingerprint density at radius 2 is 1.89 bits per heavy atom. The highest BCUT2D eigenvalue weighted by molar-refractivity contribution is 4.69. The molecule has 5 nitrogen and oxygen atoms in total. The normalized spacial score (nSPS) is 29.5.